The first kappa shape index (κ1) is 16.5. The third kappa shape index (κ3) is 3.85. The molecule has 2 aromatic rings. The monoisotopic (exact) mass is 319 g/mol. The maximum absolute atomic E-state index is 12.1. The number of carbonyl (C=O) groups is 1. The molecule has 0 N–H and O–H groups in total. The van der Waals surface area contributed by atoms with Crippen LogP contribution in [0.2, 0.25) is 0 Å². The van der Waals surface area contributed by atoms with Gasteiger partial charge in [0, 0.05) is 17.8 Å². The number of non-ortho nitro benzene ring substituents is 1. The summed E-state index contributed by atoms with van der Waals surface area (Å²) in [5.41, 5.74) is 1.67. The molecule has 1 heterocycles. The molecule has 8 heteroatoms. The average Bonchev–Trinajstić information content (AvgIpc) is 2.84. The summed E-state index contributed by atoms with van der Waals surface area (Å²) in [5, 5.41) is 15.1. The lowest BCUT2D eigenvalue weighted by atomic mass is 10.2. The third-order valence-electron chi connectivity index (χ3n) is 3.25. The van der Waals surface area contributed by atoms with Crippen LogP contribution in [-0.4, -0.2) is 34.4 Å². The van der Waals surface area contributed by atoms with Gasteiger partial charge in [-0.2, -0.15) is 5.10 Å². The van der Waals surface area contributed by atoms with Crippen LogP contribution < -0.4 is 4.74 Å². The van der Waals surface area contributed by atoms with Gasteiger partial charge in [-0.25, -0.2) is 4.79 Å². The smallest absolute Gasteiger partial charge is 0.342 e. The van der Waals surface area contributed by atoms with E-state index < -0.39 is 10.9 Å². The molecule has 0 unspecified atom stereocenters. The van der Waals surface area contributed by atoms with Gasteiger partial charge in [0.1, 0.15) is 17.9 Å². The fourth-order valence-corrected chi connectivity index (χ4v) is 2.17. The minimum atomic E-state index is -0.674. The molecular weight excluding hydrogens is 302 g/mol. The summed E-state index contributed by atoms with van der Waals surface area (Å²) >= 11 is 0. The molecule has 122 valence electrons. The zero-order chi connectivity index (χ0) is 17.0. The summed E-state index contributed by atoms with van der Waals surface area (Å²) in [7, 11) is 1.38. The fraction of sp³-hybridized carbons (Fsp3) is 0.333. The summed E-state index contributed by atoms with van der Waals surface area (Å²) in [5.74, 6) is -0.446. The van der Waals surface area contributed by atoms with Crippen LogP contribution in [0.15, 0.2) is 24.3 Å². The van der Waals surface area contributed by atoms with E-state index >= 15 is 0 Å². The van der Waals surface area contributed by atoms with E-state index in [-0.39, 0.29) is 23.6 Å². The lowest BCUT2D eigenvalue weighted by Gasteiger charge is -2.09. The molecule has 0 saturated carbocycles. The number of carbonyl (C=O) groups excluding carboxylic acids is 1. The standard InChI is InChI=1S/C15H17N3O5/c1-10-8-11(2)17(16-10)6-7-23-15(19)13-9-12(18(20)21)4-5-14(13)22-3/h4-5,8-9H,6-7H2,1-3H3. The van der Waals surface area contributed by atoms with E-state index in [0.29, 0.717) is 6.54 Å². The van der Waals surface area contributed by atoms with Crippen LogP contribution in [0.1, 0.15) is 21.7 Å². The Morgan fingerprint density at radius 3 is 2.65 bits per heavy atom. The molecule has 1 aromatic heterocycles. The molecule has 0 amide bonds. The van der Waals surface area contributed by atoms with Gasteiger partial charge in [0.05, 0.1) is 24.3 Å². The number of methoxy groups -OCH3 is 1. The van der Waals surface area contributed by atoms with E-state index in [9.17, 15) is 14.9 Å². The van der Waals surface area contributed by atoms with E-state index in [1.54, 1.807) is 4.68 Å². The van der Waals surface area contributed by atoms with Crippen molar-refractivity contribution in [1.82, 2.24) is 9.78 Å². The zero-order valence-corrected chi connectivity index (χ0v) is 13.1. The van der Waals surface area contributed by atoms with Gasteiger partial charge < -0.3 is 9.47 Å². The second-order valence-electron chi connectivity index (χ2n) is 4.93. The van der Waals surface area contributed by atoms with Crippen LogP contribution >= 0.6 is 0 Å². The van der Waals surface area contributed by atoms with Crippen LogP contribution in [0.4, 0.5) is 5.69 Å². The fourth-order valence-electron chi connectivity index (χ4n) is 2.17. The number of aryl methyl sites for hydroxylation is 2. The predicted molar refractivity (Wildman–Crippen MR) is 81.6 cm³/mol. The SMILES string of the molecule is COc1ccc([N+](=O)[O-])cc1C(=O)OCCn1nc(C)cc1C. The molecule has 0 atom stereocenters. The quantitative estimate of drug-likeness (QED) is 0.460. The molecule has 8 nitrogen and oxygen atoms in total. The Kier molecular flexibility index (Phi) is 4.95. The summed E-state index contributed by atoms with van der Waals surface area (Å²) in [6.45, 7) is 4.30. The highest BCUT2D eigenvalue weighted by molar-refractivity contribution is 5.93. The Labute approximate surface area is 132 Å². The number of rotatable bonds is 6. The number of hydrogen-bond donors (Lipinski definition) is 0. The van der Waals surface area contributed by atoms with Crippen LogP contribution in [-0.2, 0) is 11.3 Å². The van der Waals surface area contributed by atoms with Gasteiger partial charge in [-0.05, 0) is 26.0 Å². The number of aromatic nitrogens is 2. The Hall–Kier alpha value is -2.90. The number of esters is 1. The highest BCUT2D eigenvalue weighted by Gasteiger charge is 2.18. The van der Waals surface area contributed by atoms with Crippen molar-refractivity contribution in [3.63, 3.8) is 0 Å². The van der Waals surface area contributed by atoms with Crippen molar-refractivity contribution < 1.29 is 19.2 Å². The highest BCUT2D eigenvalue weighted by Crippen LogP contribution is 2.24. The van der Waals surface area contributed by atoms with Gasteiger partial charge in [-0.15, -0.1) is 0 Å². The van der Waals surface area contributed by atoms with Crippen molar-refractivity contribution in [1.29, 1.82) is 0 Å². The number of nitro benzene ring substituents is 1. The number of benzene rings is 1. The molecule has 0 spiro atoms. The summed E-state index contributed by atoms with van der Waals surface area (Å²) < 4.78 is 11.9. The van der Waals surface area contributed by atoms with Crippen molar-refractivity contribution in [3.05, 3.63) is 51.3 Å². The lowest BCUT2D eigenvalue weighted by molar-refractivity contribution is -0.384. The maximum atomic E-state index is 12.1. The Balaban J connectivity index is 2.06. The number of ether oxygens (including phenoxy) is 2. The average molecular weight is 319 g/mol. The van der Waals surface area contributed by atoms with Crippen molar-refractivity contribution in [2.75, 3.05) is 13.7 Å². The molecule has 0 radical (unpaired) electrons. The summed E-state index contributed by atoms with van der Waals surface area (Å²) in [6, 6.07) is 5.71. The van der Waals surface area contributed by atoms with Crippen LogP contribution in [0, 0.1) is 24.0 Å². The van der Waals surface area contributed by atoms with E-state index in [1.165, 1.54) is 19.2 Å². The van der Waals surface area contributed by atoms with Gasteiger partial charge >= 0.3 is 5.97 Å². The molecule has 2 rings (SSSR count). The molecule has 0 aliphatic carbocycles. The normalized spacial score (nSPS) is 10.4. The topological polar surface area (TPSA) is 96.5 Å². The molecule has 0 bridgehead atoms. The molecule has 1 aromatic carbocycles. The maximum Gasteiger partial charge on any atom is 0.342 e. The second kappa shape index (κ2) is 6.91. The molecule has 0 aliphatic rings. The van der Waals surface area contributed by atoms with Crippen LogP contribution in [0.3, 0.4) is 0 Å². The van der Waals surface area contributed by atoms with Gasteiger partial charge in [-0.1, -0.05) is 0 Å². The Bertz CT molecular complexity index is 739. The summed E-state index contributed by atoms with van der Waals surface area (Å²) in [6.07, 6.45) is 0. The first-order valence-corrected chi connectivity index (χ1v) is 6.93. The van der Waals surface area contributed by atoms with Gasteiger partial charge in [0.15, 0.2) is 0 Å². The Morgan fingerprint density at radius 1 is 1.35 bits per heavy atom. The number of nitrogens with zero attached hydrogens (tertiary/aromatic N) is 3. The van der Waals surface area contributed by atoms with E-state index in [1.807, 2.05) is 19.9 Å². The van der Waals surface area contributed by atoms with Crippen molar-refractivity contribution in [3.8, 4) is 5.75 Å². The molecule has 0 aliphatic heterocycles. The van der Waals surface area contributed by atoms with Crippen LogP contribution in [0.5, 0.6) is 5.75 Å². The van der Waals surface area contributed by atoms with E-state index in [4.69, 9.17) is 9.47 Å². The number of nitro groups is 1. The highest BCUT2D eigenvalue weighted by atomic mass is 16.6. The minimum Gasteiger partial charge on any atom is -0.496 e. The van der Waals surface area contributed by atoms with E-state index in [0.717, 1.165) is 17.5 Å². The predicted octanol–water partition coefficient (Wildman–Crippen LogP) is 2.27. The summed E-state index contributed by atoms with van der Waals surface area (Å²) in [4.78, 5) is 22.4. The first-order valence-electron chi connectivity index (χ1n) is 6.93. The van der Waals surface area contributed by atoms with Crippen molar-refractivity contribution in [2.45, 2.75) is 20.4 Å². The second-order valence-corrected chi connectivity index (χ2v) is 4.93. The van der Waals surface area contributed by atoms with Gasteiger partial charge in [-0.3, -0.25) is 14.8 Å². The largest absolute Gasteiger partial charge is 0.496 e. The molecular formula is C15H17N3O5. The van der Waals surface area contributed by atoms with Gasteiger partial charge in [0.2, 0.25) is 0 Å². The van der Waals surface area contributed by atoms with E-state index in [2.05, 4.69) is 5.10 Å². The van der Waals surface area contributed by atoms with Gasteiger partial charge in [0.25, 0.3) is 5.69 Å². The number of hydrogen-bond acceptors (Lipinski definition) is 6. The lowest BCUT2D eigenvalue weighted by Crippen LogP contribution is -2.14. The molecule has 23 heavy (non-hydrogen) atoms. The minimum absolute atomic E-state index is 0.0232. The first-order chi connectivity index (χ1) is 10.9. The third-order valence-corrected chi connectivity index (χ3v) is 3.25. The van der Waals surface area contributed by atoms with Crippen LogP contribution in [0.25, 0.3) is 0 Å². The Morgan fingerprint density at radius 2 is 2.09 bits per heavy atom. The molecule has 0 fully saturated rings. The van der Waals surface area contributed by atoms with Crippen molar-refractivity contribution >= 4 is 11.7 Å². The van der Waals surface area contributed by atoms with Crippen molar-refractivity contribution in [2.24, 2.45) is 0 Å². The zero-order valence-electron chi connectivity index (χ0n) is 13.1. The molecule has 0 saturated heterocycles.